The van der Waals surface area contributed by atoms with E-state index < -0.39 is 9.84 Å². The van der Waals surface area contributed by atoms with Gasteiger partial charge in [-0.1, -0.05) is 0 Å². The van der Waals surface area contributed by atoms with Gasteiger partial charge in [-0.05, 0) is 31.6 Å². The molecule has 0 aromatic rings. The summed E-state index contributed by atoms with van der Waals surface area (Å²) in [5, 5.41) is 2.83. The van der Waals surface area contributed by atoms with Crippen LogP contribution in [-0.2, 0) is 19.4 Å². The molecule has 0 spiro atoms. The zero-order chi connectivity index (χ0) is 13.0. The molecule has 5 nitrogen and oxygen atoms in total. The van der Waals surface area contributed by atoms with Gasteiger partial charge in [0, 0.05) is 19.6 Å². The van der Waals surface area contributed by atoms with Crippen molar-refractivity contribution in [1.82, 2.24) is 5.32 Å². The van der Waals surface area contributed by atoms with Crippen molar-refractivity contribution in [2.75, 3.05) is 24.7 Å². The lowest BCUT2D eigenvalue weighted by atomic mass is 10.1. The fraction of sp³-hybridized carbons (Fsp3) is 0.917. The van der Waals surface area contributed by atoms with E-state index in [1.165, 1.54) is 0 Å². The van der Waals surface area contributed by atoms with E-state index in [9.17, 15) is 13.2 Å². The monoisotopic (exact) mass is 275 g/mol. The van der Waals surface area contributed by atoms with E-state index in [2.05, 4.69) is 5.32 Å². The number of amides is 1. The fourth-order valence-electron chi connectivity index (χ4n) is 2.54. The molecule has 0 aliphatic carbocycles. The van der Waals surface area contributed by atoms with Gasteiger partial charge >= 0.3 is 0 Å². The third-order valence-electron chi connectivity index (χ3n) is 3.63. The van der Waals surface area contributed by atoms with Crippen LogP contribution in [0.1, 0.15) is 32.1 Å². The van der Waals surface area contributed by atoms with Crippen molar-refractivity contribution in [1.29, 1.82) is 0 Å². The van der Waals surface area contributed by atoms with E-state index in [1.54, 1.807) is 0 Å². The van der Waals surface area contributed by atoms with E-state index in [0.29, 0.717) is 19.4 Å². The highest BCUT2D eigenvalue weighted by atomic mass is 32.2. The van der Waals surface area contributed by atoms with Crippen LogP contribution < -0.4 is 5.32 Å². The number of nitrogens with one attached hydrogen (secondary N) is 1. The van der Waals surface area contributed by atoms with Crippen molar-refractivity contribution in [3.63, 3.8) is 0 Å². The van der Waals surface area contributed by atoms with Crippen molar-refractivity contribution in [3.8, 4) is 0 Å². The average Bonchev–Trinajstić information content (AvgIpc) is 2.93. The second-order valence-corrected chi connectivity index (χ2v) is 7.48. The summed E-state index contributed by atoms with van der Waals surface area (Å²) in [6, 6.07) is 0. The molecule has 2 heterocycles. The van der Waals surface area contributed by atoms with Crippen molar-refractivity contribution in [2.45, 2.75) is 38.2 Å². The third-order valence-corrected chi connectivity index (χ3v) is 5.47. The van der Waals surface area contributed by atoms with Gasteiger partial charge in [0.25, 0.3) is 0 Å². The summed E-state index contributed by atoms with van der Waals surface area (Å²) in [7, 11) is -2.84. The maximum atomic E-state index is 11.6. The number of hydrogen-bond donors (Lipinski definition) is 1. The second-order valence-electron chi connectivity index (χ2n) is 5.25. The molecule has 2 rings (SSSR count). The summed E-state index contributed by atoms with van der Waals surface area (Å²) in [4.78, 5) is 11.6. The Balaban J connectivity index is 1.60. The lowest BCUT2D eigenvalue weighted by Crippen LogP contribution is -2.30. The molecule has 1 amide bonds. The molecule has 2 fully saturated rings. The minimum atomic E-state index is -2.84. The summed E-state index contributed by atoms with van der Waals surface area (Å²) >= 11 is 0. The lowest BCUT2D eigenvalue weighted by Gasteiger charge is -2.11. The van der Waals surface area contributed by atoms with Gasteiger partial charge in [-0.25, -0.2) is 8.42 Å². The Kier molecular flexibility index (Phi) is 4.61. The first-order valence-electron chi connectivity index (χ1n) is 6.64. The number of rotatable bonds is 5. The first kappa shape index (κ1) is 13.8. The maximum absolute atomic E-state index is 11.6. The minimum Gasteiger partial charge on any atom is -0.378 e. The second kappa shape index (κ2) is 6.02. The Labute approximate surface area is 108 Å². The largest absolute Gasteiger partial charge is 0.378 e. The molecule has 1 N–H and O–H groups in total. The van der Waals surface area contributed by atoms with Gasteiger partial charge in [-0.15, -0.1) is 0 Å². The first-order chi connectivity index (χ1) is 8.55. The number of carbonyl (C=O) groups is 1. The van der Waals surface area contributed by atoms with Crippen molar-refractivity contribution in [2.24, 2.45) is 5.92 Å². The normalized spacial score (nSPS) is 30.4. The van der Waals surface area contributed by atoms with Gasteiger partial charge in [0.15, 0.2) is 9.84 Å². The molecule has 2 saturated heterocycles. The van der Waals surface area contributed by atoms with Crippen molar-refractivity contribution < 1.29 is 17.9 Å². The van der Waals surface area contributed by atoms with Crippen LogP contribution in [0.15, 0.2) is 0 Å². The van der Waals surface area contributed by atoms with Gasteiger partial charge in [-0.3, -0.25) is 4.79 Å². The quantitative estimate of drug-likeness (QED) is 0.793. The zero-order valence-electron chi connectivity index (χ0n) is 10.6. The Bertz CT molecular complexity index is 387. The van der Waals surface area contributed by atoms with Crippen LogP contribution in [0.25, 0.3) is 0 Å². The highest BCUT2D eigenvalue weighted by molar-refractivity contribution is 7.91. The molecule has 2 atom stereocenters. The summed E-state index contributed by atoms with van der Waals surface area (Å²) in [6.07, 6.45) is 4.30. The molecule has 0 bridgehead atoms. The van der Waals surface area contributed by atoms with Crippen LogP contribution in [0.3, 0.4) is 0 Å². The molecular formula is C12H21NO4S. The lowest BCUT2D eigenvalue weighted by molar-refractivity contribution is -0.121. The third kappa shape index (κ3) is 4.24. The van der Waals surface area contributed by atoms with Gasteiger partial charge in [0.2, 0.25) is 5.91 Å². The molecule has 0 radical (unpaired) electrons. The van der Waals surface area contributed by atoms with Crippen molar-refractivity contribution in [3.05, 3.63) is 0 Å². The van der Waals surface area contributed by atoms with E-state index in [1.807, 2.05) is 0 Å². The number of ether oxygens (including phenoxy) is 1. The molecule has 0 saturated carbocycles. The van der Waals surface area contributed by atoms with Crippen LogP contribution in [0.5, 0.6) is 0 Å². The average molecular weight is 275 g/mol. The van der Waals surface area contributed by atoms with Gasteiger partial charge in [0.05, 0.1) is 17.6 Å². The SMILES string of the molecule is O=C(CCC1CCCO1)NCC1CCS(=O)(=O)C1. The molecule has 0 aromatic heterocycles. The first-order valence-corrected chi connectivity index (χ1v) is 8.46. The van der Waals surface area contributed by atoms with E-state index >= 15 is 0 Å². The zero-order valence-corrected chi connectivity index (χ0v) is 11.4. The van der Waals surface area contributed by atoms with Gasteiger partial charge in [0.1, 0.15) is 0 Å². The summed E-state index contributed by atoms with van der Waals surface area (Å²) in [5.74, 6) is 0.596. The van der Waals surface area contributed by atoms with Crippen LogP contribution in [0, 0.1) is 5.92 Å². The standard InChI is InChI=1S/C12H21NO4S/c14-12(4-3-11-2-1-6-17-11)13-8-10-5-7-18(15,16)9-10/h10-11H,1-9H2,(H,13,14). The fourth-order valence-corrected chi connectivity index (χ4v) is 4.41. The smallest absolute Gasteiger partial charge is 0.220 e. The van der Waals surface area contributed by atoms with Crippen LogP contribution in [0.4, 0.5) is 0 Å². The number of carbonyl (C=O) groups excluding carboxylic acids is 1. The highest BCUT2D eigenvalue weighted by Gasteiger charge is 2.27. The van der Waals surface area contributed by atoms with Gasteiger partial charge in [-0.2, -0.15) is 0 Å². The van der Waals surface area contributed by atoms with Crippen LogP contribution in [0.2, 0.25) is 0 Å². The summed E-state index contributed by atoms with van der Waals surface area (Å²) in [5.41, 5.74) is 0. The van der Waals surface area contributed by atoms with Crippen LogP contribution in [-0.4, -0.2) is 45.1 Å². The number of sulfone groups is 1. The molecule has 2 aliphatic rings. The number of hydrogen-bond acceptors (Lipinski definition) is 4. The highest BCUT2D eigenvalue weighted by Crippen LogP contribution is 2.18. The summed E-state index contributed by atoms with van der Waals surface area (Å²) < 4.78 is 28.0. The Hall–Kier alpha value is -0.620. The molecule has 6 heteroatoms. The molecule has 2 aliphatic heterocycles. The Morgan fingerprint density at radius 2 is 2.17 bits per heavy atom. The molecule has 18 heavy (non-hydrogen) atoms. The molecular weight excluding hydrogens is 254 g/mol. The topological polar surface area (TPSA) is 72.5 Å². The molecule has 2 unspecified atom stereocenters. The summed E-state index contributed by atoms with van der Waals surface area (Å²) in [6.45, 7) is 1.30. The Morgan fingerprint density at radius 1 is 1.33 bits per heavy atom. The Morgan fingerprint density at radius 3 is 2.78 bits per heavy atom. The van der Waals surface area contributed by atoms with Crippen LogP contribution >= 0.6 is 0 Å². The maximum Gasteiger partial charge on any atom is 0.220 e. The van der Waals surface area contributed by atoms with E-state index in [0.717, 1.165) is 25.9 Å². The minimum absolute atomic E-state index is 0.00907. The molecule has 104 valence electrons. The molecule has 0 aromatic carbocycles. The van der Waals surface area contributed by atoms with Crippen molar-refractivity contribution >= 4 is 15.7 Å². The predicted octanol–water partition coefficient (Wildman–Crippen LogP) is 0.496. The van der Waals surface area contributed by atoms with E-state index in [4.69, 9.17) is 4.74 Å². The van der Waals surface area contributed by atoms with E-state index in [-0.39, 0.29) is 29.4 Å². The predicted molar refractivity (Wildman–Crippen MR) is 68.0 cm³/mol. The van der Waals surface area contributed by atoms with Gasteiger partial charge < -0.3 is 10.1 Å².